The molecule has 0 bridgehead atoms. The van der Waals surface area contributed by atoms with Gasteiger partial charge in [-0.25, -0.2) is 0 Å². The average molecular weight is 251 g/mol. The Morgan fingerprint density at radius 3 is 2.94 bits per heavy atom. The topological polar surface area (TPSA) is 21.3 Å². The number of nitrogens with one attached hydrogen (secondary N) is 1. The van der Waals surface area contributed by atoms with E-state index in [-0.39, 0.29) is 5.60 Å². The minimum absolute atomic E-state index is 0.263. The lowest BCUT2D eigenvalue weighted by Gasteiger charge is -2.33. The molecule has 1 unspecified atom stereocenters. The molecule has 1 atom stereocenters. The van der Waals surface area contributed by atoms with E-state index in [1.807, 2.05) is 0 Å². The van der Waals surface area contributed by atoms with Crippen LogP contribution in [0.4, 0.5) is 5.69 Å². The second-order valence-electron chi connectivity index (χ2n) is 5.42. The summed E-state index contributed by atoms with van der Waals surface area (Å²) in [5, 5.41) is 7.74. The van der Waals surface area contributed by atoms with Crippen molar-refractivity contribution >= 4 is 17.0 Å². The SMILES string of the molecule is c1cc(NCC2CCC3(CCCCC3)O2)cs1. The number of thiophene rings is 1. The summed E-state index contributed by atoms with van der Waals surface area (Å²) >= 11 is 1.74. The Balaban J connectivity index is 1.50. The standard InChI is InChI=1S/C14H21NOS/c1-2-6-14(7-3-1)8-4-13(16-14)10-15-12-5-9-17-11-12/h5,9,11,13,15H,1-4,6-8,10H2. The molecule has 2 fully saturated rings. The van der Waals surface area contributed by atoms with E-state index in [4.69, 9.17) is 4.74 Å². The van der Waals surface area contributed by atoms with Gasteiger partial charge in [-0.1, -0.05) is 19.3 Å². The molecule has 2 nitrogen and oxygen atoms in total. The minimum atomic E-state index is 0.263. The Morgan fingerprint density at radius 1 is 1.29 bits per heavy atom. The molecule has 1 aromatic heterocycles. The first-order chi connectivity index (χ1) is 8.36. The Labute approximate surface area is 107 Å². The van der Waals surface area contributed by atoms with E-state index in [1.54, 1.807) is 11.3 Å². The van der Waals surface area contributed by atoms with Crippen molar-refractivity contribution in [2.45, 2.75) is 56.7 Å². The smallest absolute Gasteiger partial charge is 0.0756 e. The average Bonchev–Trinajstić information content (AvgIpc) is 2.98. The Kier molecular flexibility index (Phi) is 3.39. The van der Waals surface area contributed by atoms with E-state index in [1.165, 1.54) is 50.6 Å². The summed E-state index contributed by atoms with van der Waals surface area (Å²) in [6, 6.07) is 2.13. The maximum absolute atomic E-state index is 6.33. The summed E-state index contributed by atoms with van der Waals surface area (Å²) in [5.41, 5.74) is 1.50. The molecule has 1 aromatic rings. The van der Waals surface area contributed by atoms with Gasteiger partial charge in [-0.3, -0.25) is 0 Å². The van der Waals surface area contributed by atoms with Gasteiger partial charge in [0.15, 0.2) is 0 Å². The lowest BCUT2D eigenvalue weighted by Crippen LogP contribution is -2.33. The quantitative estimate of drug-likeness (QED) is 0.875. The molecule has 1 aliphatic carbocycles. The molecule has 1 aliphatic heterocycles. The molecular weight excluding hydrogens is 230 g/mol. The number of hydrogen-bond donors (Lipinski definition) is 1. The zero-order valence-corrected chi connectivity index (χ0v) is 11.1. The van der Waals surface area contributed by atoms with E-state index < -0.39 is 0 Å². The summed E-state index contributed by atoms with van der Waals surface area (Å²) in [6.45, 7) is 0.971. The summed E-state index contributed by atoms with van der Waals surface area (Å²) in [6.07, 6.45) is 9.66. The summed E-state index contributed by atoms with van der Waals surface area (Å²) in [4.78, 5) is 0. The van der Waals surface area contributed by atoms with Crippen LogP contribution < -0.4 is 5.32 Å². The van der Waals surface area contributed by atoms with Crippen LogP contribution in [0.5, 0.6) is 0 Å². The van der Waals surface area contributed by atoms with Crippen molar-refractivity contribution in [1.29, 1.82) is 0 Å². The van der Waals surface area contributed by atoms with Gasteiger partial charge in [0.1, 0.15) is 0 Å². The third kappa shape index (κ3) is 2.66. The summed E-state index contributed by atoms with van der Waals surface area (Å²) in [7, 11) is 0. The predicted octanol–water partition coefficient (Wildman–Crippen LogP) is 4.04. The fourth-order valence-corrected chi connectivity index (χ4v) is 3.81. The lowest BCUT2D eigenvalue weighted by atomic mass is 9.83. The molecule has 0 amide bonds. The van der Waals surface area contributed by atoms with Crippen LogP contribution >= 0.6 is 11.3 Å². The first-order valence-corrected chi connectivity index (χ1v) is 7.75. The van der Waals surface area contributed by atoms with Gasteiger partial charge >= 0.3 is 0 Å². The highest BCUT2D eigenvalue weighted by Gasteiger charge is 2.40. The maximum atomic E-state index is 6.33. The van der Waals surface area contributed by atoms with Crippen LogP contribution in [0.3, 0.4) is 0 Å². The Hall–Kier alpha value is -0.540. The second kappa shape index (κ2) is 4.99. The van der Waals surface area contributed by atoms with Crippen molar-refractivity contribution in [3.63, 3.8) is 0 Å². The van der Waals surface area contributed by atoms with Crippen molar-refractivity contribution in [2.24, 2.45) is 0 Å². The van der Waals surface area contributed by atoms with Gasteiger partial charge in [0.05, 0.1) is 11.7 Å². The molecule has 1 spiro atoms. The molecule has 1 saturated heterocycles. The normalized spacial score (nSPS) is 27.4. The van der Waals surface area contributed by atoms with Crippen molar-refractivity contribution in [3.8, 4) is 0 Å². The van der Waals surface area contributed by atoms with Crippen LogP contribution in [0.2, 0.25) is 0 Å². The monoisotopic (exact) mass is 251 g/mol. The molecule has 1 N–H and O–H groups in total. The van der Waals surface area contributed by atoms with E-state index in [2.05, 4.69) is 22.1 Å². The Bertz CT molecular complexity index is 343. The number of anilines is 1. The molecule has 0 radical (unpaired) electrons. The van der Waals surface area contributed by atoms with Gasteiger partial charge in [0, 0.05) is 17.6 Å². The predicted molar refractivity (Wildman–Crippen MR) is 72.7 cm³/mol. The molecule has 1 saturated carbocycles. The molecule has 2 aliphatic rings. The third-order valence-corrected chi connectivity index (χ3v) is 4.84. The van der Waals surface area contributed by atoms with E-state index in [0.717, 1.165) is 6.54 Å². The van der Waals surface area contributed by atoms with Crippen LogP contribution in [-0.4, -0.2) is 18.2 Å². The number of rotatable bonds is 3. The van der Waals surface area contributed by atoms with Crippen LogP contribution in [0.25, 0.3) is 0 Å². The van der Waals surface area contributed by atoms with Crippen molar-refractivity contribution in [1.82, 2.24) is 0 Å². The zero-order valence-electron chi connectivity index (χ0n) is 10.3. The molecule has 3 rings (SSSR count). The van der Waals surface area contributed by atoms with Gasteiger partial charge < -0.3 is 10.1 Å². The van der Waals surface area contributed by atoms with Gasteiger partial charge in [-0.05, 0) is 37.1 Å². The van der Waals surface area contributed by atoms with Crippen LogP contribution in [-0.2, 0) is 4.74 Å². The zero-order chi connectivity index (χ0) is 11.6. The maximum Gasteiger partial charge on any atom is 0.0756 e. The summed E-state index contributed by atoms with van der Waals surface area (Å²) < 4.78 is 6.33. The fraction of sp³-hybridized carbons (Fsp3) is 0.714. The Morgan fingerprint density at radius 2 is 2.18 bits per heavy atom. The van der Waals surface area contributed by atoms with Crippen molar-refractivity contribution in [3.05, 3.63) is 16.8 Å². The van der Waals surface area contributed by atoms with Gasteiger partial charge in [-0.15, -0.1) is 0 Å². The first kappa shape index (κ1) is 11.5. The van der Waals surface area contributed by atoms with Crippen LogP contribution in [0.15, 0.2) is 16.8 Å². The highest BCUT2D eigenvalue weighted by molar-refractivity contribution is 7.08. The lowest BCUT2D eigenvalue weighted by molar-refractivity contribution is -0.0588. The second-order valence-corrected chi connectivity index (χ2v) is 6.20. The highest BCUT2D eigenvalue weighted by Crippen LogP contribution is 2.41. The number of hydrogen-bond acceptors (Lipinski definition) is 3. The summed E-state index contributed by atoms with van der Waals surface area (Å²) in [5.74, 6) is 0. The molecular formula is C14H21NOS. The molecule has 3 heteroatoms. The van der Waals surface area contributed by atoms with Gasteiger partial charge in [0.2, 0.25) is 0 Å². The minimum Gasteiger partial charge on any atom is -0.382 e. The van der Waals surface area contributed by atoms with Crippen molar-refractivity contribution in [2.75, 3.05) is 11.9 Å². The van der Waals surface area contributed by atoms with E-state index in [9.17, 15) is 0 Å². The van der Waals surface area contributed by atoms with Crippen LogP contribution in [0, 0.1) is 0 Å². The van der Waals surface area contributed by atoms with E-state index >= 15 is 0 Å². The highest BCUT2D eigenvalue weighted by atomic mass is 32.1. The number of ether oxygens (including phenoxy) is 1. The van der Waals surface area contributed by atoms with Crippen molar-refractivity contribution < 1.29 is 4.74 Å². The van der Waals surface area contributed by atoms with Crippen LogP contribution in [0.1, 0.15) is 44.9 Å². The molecule has 17 heavy (non-hydrogen) atoms. The largest absolute Gasteiger partial charge is 0.382 e. The molecule has 2 heterocycles. The van der Waals surface area contributed by atoms with E-state index in [0.29, 0.717) is 6.10 Å². The van der Waals surface area contributed by atoms with Gasteiger partial charge in [0.25, 0.3) is 0 Å². The fourth-order valence-electron chi connectivity index (χ4n) is 3.20. The van der Waals surface area contributed by atoms with Gasteiger partial charge in [-0.2, -0.15) is 11.3 Å². The molecule has 0 aromatic carbocycles. The third-order valence-electron chi connectivity index (χ3n) is 4.16. The first-order valence-electron chi connectivity index (χ1n) is 6.80. The molecule has 94 valence electrons.